The molecule has 0 bridgehead atoms. The minimum atomic E-state index is 0.120. The second-order valence-corrected chi connectivity index (χ2v) is 6.22. The molecule has 17 heavy (non-hydrogen) atoms. The van der Waals surface area contributed by atoms with Crippen LogP contribution in [0.4, 0.5) is 0 Å². The third-order valence-electron chi connectivity index (χ3n) is 2.97. The number of nitrogens with one attached hydrogen (secondary N) is 1. The highest BCUT2D eigenvalue weighted by Gasteiger charge is 2.17. The van der Waals surface area contributed by atoms with Crippen molar-refractivity contribution in [3.8, 4) is 0 Å². The molecule has 1 aliphatic rings. The molecule has 0 spiro atoms. The van der Waals surface area contributed by atoms with Crippen LogP contribution in [0.15, 0.2) is 0 Å². The van der Waals surface area contributed by atoms with E-state index in [2.05, 4.69) is 17.1 Å². The van der Waals surface area contributed by atoms with Crippen LogP contribution in [0.2, 0.25) is 0 Å². The lowest BCUT2D eigenvalue weighted by Gasteiger charge is -2.31. The predicted molar refractivity (Wildman–Crippen MR) is 78.3 cm³/mol. The number of likely N-dealkylation sites (tertiary alicyclic amines) is 1. The fourth-order valence-corrected chi connectivity index (χ4v) is 3.06. The molecule has 1 aliphatic heterocycles. The Bertz CT molecular complexity index is 263. The molecule has 0 atom stereocenters. The molecule has 1 fully saturated rings. The van der Waals surface area contributed by atoms with Crippen LogP contribution >= 0.6 is 24.0 Å². The molecule has 0 unspecified atom stereocenters. The van der Waals surface area contributed by atoms with Gasteiger partial charge in [-0.3, -0.25) is 4.79 Å². The summed E-state index contributed by atoms with van der Waals surface area (Å²) in [5.74, 6) is 1.74. The van der Waals surface area contributed by atoms with Crippen molar-refractivity contribution >= 4 is 34.2 Å². The summed E-state index contributed by atoms with van der Waals surface area (Å²) in [4.78, 5) is 13.5. The number of hydrogen-bond donors (Lipinski definition) is 1. The van der Waals surface area contributed by atoms with E-state index in [1.54, 1.807) is 11.8 Å². The summed E-state index contributed by atoms with van der Waals surface area (Å²) in [6, 6.07) is 0. The number of piperidine rings is 1. The van der Waals surface area contributed by atoms with Crippen LogP contribution in [0, 0.1) is 5.92 Å². The summed E-state index contributed by atoms with van der Waals surface area (Å²) in [5.41, 5.74) is 0. The Kier molecular flexibility index (Phi) is 6.89. The number of rotatable bonds is 4. The van der Waals surface area contributed by atoms with Gasteiger partial charge in [0.2, 0.25) is 5.91 Å². The molecule has 0 radical (unpaired) electrons. The van der Waals surface area contributed by atoms with Gasteiger partial charge in [0, 0.05) is 31.8 Å². The highest BCUT2D eigenvalue weighted by atomic mass is 32.2. The molecule has 3 nitrogen and oxygen atoms in total. The van der Waals surface area contributed by atoms with Crippen molar-refractivity contribution < 1.29 is 4.79 Å². The lowest BCUT2D eigenvalue weighted by molar-refractivity contribution is -0.120. The molecule has 1 heterocycles. The lowest BCUT2D eigenvalue weighted by atomic mass is 10.00. The monoisotopic (exact) mass is 274 g/mol. The van der Waals surface area contributed by atoms with Crippen LogP contribution in [-0.4, -0.2) is 40.5 Å². The van der Waals surface area contributed by atoms with E-state index in [0.717, 1.165) is 29.1 Å². The summed E-state index contributed by atoms with van der Waals surface area (Å²) in [6.45, 7) is 7.09. The van der Waals surface area contributed by atoms with Crippen molar-refractivity contribution in [2.45, 2.75) is 33.1 Å². The molecule has 5 heteroatoms. The number of amides is 1. The molecule has 0 aromatic heterocycles. The zero-order valence-electron chi connectivity index (χ0n) is 10.7. The zero-order valence-corrected chi connectivity index (χ0v) is 12.3. The lowest BCUT2D eigenvalue weighted by Crippen LogP contribution is -2.35. The Labute approximate surface area is 114 Å². The van der Waals surface area contributed by atoms with E-state index in [-0.39, 0.29) is 5.91 Å². The number of carbonyl (C=O) groups is 1. The summed E-state index contributed by atoms with van der Waals surface area (Å²) in [6.07, 6.45) is 3.02. The third kappa shape index (κ3) is 5.73. The fourth-order valence-electron chi connectivity index (χ4n) is 1.80. The highest BCUT2D eigenvalue weighted by molar-refractivity contribution is 8.22. The first-order valence-corrected chi connectivity index (χ1v) is 7.71. The zero-order chi connectivity index (χ0) is 12.7. The van der Waals surface area contributed by atoms with E-state index in [4.69, 9.17) is 12.2 Å². The van der Waals surface area contributed by atoms with E-state index in [1.807, 2.05) is 6.92 Å². The van der Waals surface area contributed by atoms with Gasteiger partial charge in [-0.15, -0.1) is 0 Å². The van der Waals surface area contributed by atoms with E-state index in [1.165, 1.54) is 12.8 Å². The first kappa shape index (κ1) is 14.8. The van der Waals surface area contributed by atoms with Crippen molar-refractivity contribution in [1.82, 2.24) is 10.2 Å². The molecule has 1 N–H and O–H groups in total. The summed E-state index contributed by atoms with van der Waals surface area (Å²) in [5, 5.41) is 2.80. The van der Waals surface area contributed by atoms with Gasteiger partial charge in [-0.2, -0.15) is 0 Å². The molecule has 1 saturated heterocycles. The van der Waals surface area contributed by atoms with Gasteiger partial charge >= 0.3 is 0 Å². The van der Waals surface area contributed by atoms with Crippen molar-refractivity contribution in [1.29, 1.82) is 0 Å². The van der Waals surface area contributed by atoms with E-state index in [0.29, 0.717) is 13.0 Å². The second kappa shape index (κ2) is 7.93. The molecule has 1 rings (SSSR count). The Balaban J connectivity index is 2.14. The third-order valence-corrected chi connectivity index (χ3v) is 4.50. The average molecular weight is 274 g/mol. The van der Waals surface area contributed by atoms with Gasteiger partial charge < -0.3 is 10.2 Å². The van der Waals surface area contributed by atoms with Gasteiger partial charge in [0.05, 0.1) is 0 Å². The highest BCUT2D eigenvalue weighted by Crippen LogP contribution is 2.20. The Morgan fingerprint density at radius 2 is 2.12 bits per heavy atom. The minimum Gasteiger partial charge on any atom is -0.358 e. The maximum absolute atomic E-state index is 11.3. The average Bonchev–Trinajstić information content (AvgIpc) is 2.30. The smallest absolute Gasteiger partial charge is 0.220 e. The van der Waals surface area contributed by atoms with Crippen molar-refractivity contribution in [3.05, 3.63) is 0 Å². The van der Waals surface area contributed by atoms with Crippen LogP contribution < -0.4 is 5.32 Å². The van der Waals surface area contributed by atoms with Crippen molar-refractivity contribution in [2.75, 3.05) is 25.4 Å². The fraction of sp³-hybridized carbons (Fsp3) is 0.833. The normalized spacial score (nSPS) is 16.9. The van der Waals surface area contributed by atoms with Gasteiger partial charge in [0.25, 0.3) is 0 Å². The number of carbonyl (C=O) groups excluding carboxylic acids is 1. The van der Waals surface area contributed by atoms with Gasteiger partial charge in [-0.25, -0.2) is 0 Å². The molecule has 0 saturated carbocycles. The SMILES string of the molecule is CCNC(=O)CCSC(=S)N1CCC(C)CC1. The van der Waals surface area contributed by atoms with Crippen molar-refractivity contribution in [3.63, 3.8) is 0 Å². The summed E-state index contributed by atoms with van der Waals surface area (Å²) >= 11 is 7.02. The number of thiocarbonyl (C=S) groups is 1. The van der Waals surface area contributed by atoms with E-state index < -0.39 is 0 Å². The molecule has 0 aromatic carbocycles. The minimum absolute atomic E-state index is 0.120. The van der Waals surface area contributed by atoms with Crippen molar-refractivity contribution in [2.24, 2.45) is 5.92 Å². The summed E-state index contributed by atoms with van der Waals surface area (Å²) in [7, 11) is 0. The van der Waals surface area contributed by atoms with Crippen LogP contribution in [0.25, 0.3) is 0 Å². The number of hydrogen-bond acceptors (Lipinski definition) is 3. The first-order valence-electron chi connectivity index (χ1n) is 6.32. The predicted octanol–water partition coefficient (Wildman–Crippen LogP) is 2.26. The molecule has 0 aliphatic carbocycles. The standard InChI is InChI=1S/C12H22N2OS2/c1-3-13-11(15)6-9-17-12(16)14-7-4-10(2)5-8-14/h10H,3-9H2,1-2H3,(H,13,15). The Morgan fingerprint density at radius 3 is 2.71 bits per heavy atom. The molecular formula is C12H22N2OS2. The summed E-state index contributed by atoms with van der Waals surface area (Å²) < 4.78 is 0.959. The molecule has 1 amide bonds. The maximum Gasteiger partial charge on any atom is 0.220 e. The van der Waals surface area contributed by atoms with Gasteiger partial charge in [-0.05, 0) is 25.7 Å². The number of nitrogens with zero attached hydrogens (tertiary/aromatic N) is 1. The molecule has 98 valence electrons. The molecular weight excluding hydrogens is 252 g/mol. The largest absolute Gasteiger partial charge is 0.358 e. The Morgan fingerprint density at radius 1 is 1.47 bits per heavy atom. The first-order chi connectivity index (χ1) is 8.13. The van der Waals surface area contributed by atoms with Crippen LogP contribution in [0.3, 0.4) is 0 Å². The maximum atomic E-state index is 11.3. The molecule has 0 aromatic rings. The van der Waals surface area contributed by atoms with Crippen LogP contribution in [-0.2, 0) is 4.79 Å². The van der Waals surface area contributed by atoms with Gasteiger partial charge in [-0.1, -0.05) is 30.9 Å². The number of thioether (sulfide) groups is 1. The van der Waals surface area contributed by atoms with Crippen LogP contribution in [0.5, 0.6) is 0 Å². The van der Waals surface area contributed by atoms with Gasteiger partial charge in [0.15, 0.2) is 0 Å². The Hall–Kier alpha value is -0.290. The van der Waals surface area contributed by atoms with Gasteiger partial charge in [0.1, 0.15) is 4.32 Å². The van der Waals surface area contributed by atoms with E-state index in [9.17, 15) is 4.79 Å². The van der Waals surface area contributed by atoms with Crippen LogP contribution in [0.1, 0.15) is 33.1 Å². The van der Waals surface area contributed by atoms with E-state index >= 15 is 0 Å². The second-order valence-electron chi connectivity index (χ2n) is 4.49. The quantitative estimate of drug-likeness (QED) is 0.797. The topological polar surface area (TPSA) is 32.3 Å².